The van der Waals surface area contributed by atoms with E-state index in [4.69, 9.17) is 5.73 Å². The molecule has 0 spiro atoms. The van der Waals surface area contributed by atoms with E-state index < -0.39 is 0 Å². The highest BCUT2D eigenvalue weighted by molar-refractivity contribution is 5.55. The molecular weight excluding hydrogens is 282 g/mol. The molecule has 0 saturated carbocycles. The first-order valence-corrected chi connectivity index (χ1v) is 7.77. The van der Waals surface area contributed by atoms with Crippen molar-refractivity contribution in [2.75, 3.05) is 10.6 Å². The topological polar surface area (TPSA) is 42.2 Å². The van der Waals surface area contributed by atoms with Crippen LogP contribution >= 0.6 is 0 Å². The van der Waals surface area contributed by atoms with Crippen LogP contribution in [0.25, 0.3) is 0 Å². The Morgan fingerprint density at radius 1 is 0.870 bits per heavy atom. The van der Waals surface area contributed by atoms with E-state index >= 15 is 0 Å². The Balaban J connectivity index is 1.90. The van der Waals surface area contributed by atoms with Crippen LogP contribution < -0.4 is 10.6 Å². The molecule has 3 rings (SSSR count). The Labute approximate surface area is 137 Å². The zero-order valence-electron chi connectivity index (χ0n) is 13.3. The molecule has 0 radical (unpaired) electrons. The molecule has 0 amide bonds. The molecule has 0 atom stereocenters. The second kappa shape index (κ2) is 6.97. The first-order valence-electron chi connectivity index (χ1n) is 7.77. The lowest BCUT2D eigenvalue weighted by Crippen LogP contribution is -2.23. The highest BCUT2D eigenvalue weighted by atomic mass is 15.2. The van der Waals surface area contributed by atoms with E-state index in [1.54, 1.807) is 0 Å². The minimum atomic E-state index is 0.779. The molecule has 0 fully saturated rings. The summed E-state index contributed by atoms with van der Waals surface area (Å²) in [5.74, 6) is 0.904. The number of rotatable bonds is 5. The lowest BCUT2D eigenvalue weighted by atomic mass is 10.1. The molecule has 0 aliphatic rings. The third-order valence-corrected chi connectivity index (χ3v) is 3.89. The van der Waals surface area contributed by atoms with Crippen LogP contribution in [0.15, 0.2) is 72.9 Å². The monoisotopic (exact) mass is 303 g/mol. The molecule has 1 heterocycles. The van der Waals surface area contributed by atoms with Gasteiger partial charge in [0, 0.05) is 31.0 Å². The quantitative estimate of drug-likeness (QED) is 0.769. The summed E-state index contributed by atoms with van der Waals surface area (Å²) in [6, 6.07) is 22.8. The second-order valence-electron chi connectivity index (χ2n) is 5.73. The van der Waals surface area contributed by atoms with Gasteiger partial charge >= 0.3 is 0 Å². The summed E-state index contributed by atoms with van der Waals surface area (Å²) < 4.78 is 0. The number of pyridine rings is 1. The molecule has 23 heavy (non-hydrogen) atoms. The average Bonchev–Trinajstić information content (AvgIpc) is 2.59. The number of hydrogen-bond acceptors (Lipinski definition) is 3. The Morgan fingerprint density at radius 3 is 1.87 bits per heavy atom. The van der Waals surface area contributed by atoms with Gasteiger partial charge in [-0.05, 0) is 23.6 Å². The maximum absolute atomic E-state index is 6.08. The number of aryl methyl sites for hydroxylation is 1. The first kappa shape index (κ1) is 15.1. The van der Waals surface area contributed by atoms with Gasteiger partial charge in [-0.3, -0.25) is 0 Å². The van der Waals surface area contributed by atoms with Gasteiger partial charge in [0.05, 0.1) is 0 Å². The minimum Gasteiger partial charge on any atom is -0.398 e. The predicted molar refractivity (Wildman–Crippen MR) is 96.2 cm³/mol. The van der Waals surface area contributed by atoms with Gasteiger partial charge in [0.2, 0.25) is 0 Å². The number of anilines is 2. The fourth-order valence-corrected chi connectivity index (χ4v) is 2.53. The molecule has 2 N–H and O–H groups in total. The van der Waals surface area contributed by atoms with Crippen LogP contribution in [0.2, 0.25) is 0 Å². The first-order chi connectivity index (χ1) is 11.2. The Bertz CT molecular complexity index is 713. The number of nitrogens with zero attached hydrogens (tertiary/aromatic N) is 2. The van der Waals surface area contributed by atoms with Crippen LogP contribution in [0.1, 0.15) is 16.7 Å². The summed E-state index contributed by atoms with van der Waals surface area (Å²) in [6.45, 7) is 3.57. The maximum atomic E-state index is 6.08. The van der Waals surface area contributed by atoms with Crippen molar-refractivity contribution in [3.8, 4) is 0 Å². The fraction of sp³-hybridized carbons (Fsp3) is 0.150. The van der Waals surface area contributed by atoms with Crippen LogP contribution in [-0.2, 0) is 13.1 Å². The van der Waals surface area contributed by atoms with Crippen LogP contribution in [0, 0.1) is 6.92 Å². The average molecular weight is 303 g/mol. The zero-order chi connectivity index (χ0) is 16.1. The predicted octanol–water partition coefficient (Wildman–Crippen LogP) is 4.18. The van der Waals surface area contributed by atoms with E-state index in [1.165, 1.54) is 11.1 Å². The van der Waals surface area contributed by atoms with Gasteiger partial charge in [0.25, 0.3) is 0 Å². The lowest BCUT2D eigenvalue weighted by molar-refractivity contribution is 0.783. The second-order valence-corrected chi connectivity index (χ2v) is 5.73. The lowest BCUT2D eigenvalue weighted by Gasteiger charge is -2.24. The third-order valence-electron chi connectivity index (χ3n) is 3.89. The molecule has 1 aromatic heterocycles. The SMILES string of the molecule is Cc1cnc(N(Cc2ccccc2)Cc2ccccc2)cc1N. The zero-order valence-corrected chi connectivity index (χ0v) is 13.3. The van der Waals surface area contributed by atoms with E-state index in [0.717, 1.165) is 30.2 Å². The highest BCUT2D eigenvalue weighted by Crippen LogP contribution is 2.22. The summed E-state index contributed by atoms with van der Waals surface area (Å²) in [7, 11) is 0. The van der Waals surface area contributed by atoms with Gasteiger partial charge in [0.1, 0.15) is 5.82 Å². The molecule has 116 valence electrons. The smallest absolute Gasteiger partial charge is 0.131 e. The van der Waals surface area contributed by atoms with Crippen LogP contribution in [-0.4, -0.2) is 4.98 Å². The summed E-state index contributed by atoms with van der Waals surface area (Å²) in [5.41, 5.74) is 10.4. The summed E-state index contributed by atoms with van der Waals surface area (Å²) >= 11 is 0. The van der Waals surface area contributed by atoms with Crippen molar-refractivity contribution in [2.45, 2.75) is 20.0 Å². The van der Waals surface area contributed by atoms with E-state index in [0.29, 0.717) is 0 Å². The molecule has 0 aliphatic carbocycles. The van der Waals surface area contributed by atoms with Gasteiger partial charge in [-0.15, -0.1) is 0 Å². The van der Waals surface area contributed by atoms with Crippen molar-refractivity contribution < 1.29 is 0 Å². The Hall–Kier alpha value is -2.81. The molecule has 2 aromatic carbocycles. The Kier molecular flexibility index (Phi) is 4.57. The van der Waals surface area contributed by atoms with E-state index in [2.05, 4.69) is 58.4 Å². The molecule has 0 saturated heterocycles. The molecule has 3 aromatic rings. The number of nitrogen functional groups attached to an aromatic ring is 1. The van der Waals surface area contributed by atoms with Crippen LogP contribution in [0.3, 0.4) is 0 Å². The highest BCUT2D eigenvalue weighted by Gasteiger charge is 2.11. The molecule has 3 nitrogen and oxygen atoms in total. The van der Waals surface area contributed by atoms with Crippen molar-refractivity contribution >= 4 is 11.5 Å². The van der Waals surface area contributed by atoms with Crippen LogP contribution in [0.5, 0.6) is 0 Å². The van der Waals surface area contributed by atoms with Gasteiger partial charge in [-0.25, -0.2) is 4.98 Å². The minimum absolute atomic E-state index is 0.779. The van der Waals surface area contributed by atoms with Gasteiger partial charge in [-0.2, -0.15) is 0 Å². The van der Waals surface area contributed by atoms with Crippen molar-refractivity contribution in [1.29, 1.82) is 0 Å². The summed E-state index contributed by atoms with van der Waals surface area (Å²) in [6.07, 6.45) is 1.84. The van der Waals surface area contributed by atoms with Crippen molar-refractivity contribution in [1.82, 2.24) is 4.98 Å². The largest absolute Gasteiger partial charge is 0.398 e. The van der Waals surface area contributed by atoms with Crippen LogP contribution in [0.4, 0.5) is 11.5 Å². The number of benzene rings is 2. The number of aromatic nitrogens is 1. The van der Waals surface area contributed by atoms with E-state index in [1.807, 2.05) is 31.3 Å². The molecule has 0 aliphatic heterocycles. The standard InChI is InChI=1S/C20H21N3/c1-16-13-22-20(12-19(16)21)23(14-17-8-4-2-5-9-17)15-18-10-6-3-7-11-18/h2-13H,14-15H2,1H3,(H2,21,22). The third kappa shape index (κ3) is 3.89. The van der Waals surface area contributed by atoms with Crippen molar-refractivity contribution in [3.05, 3.63) is 89.6 Å². The van der Waals surface area contributed by atoms with Gasteiger partial charge < -0.3 is 10.6 Å². The van der Waals surface area contributed by atoms with Crippen molar-refractivity contribution in [2.24, 2.45) is 0 Å². The maximum Gasteiger partial charge on any atom is 0.131 e. The Morgan fingerprint density at radius 2 is 1.39 bits per heavy atom. The molecular formula is C20H21N3. The van der Waals surface area contributed by atoms with Gasteiger partial charge in [0.15, 0.2) is 0 Å². The van der Waals surface area contributed by atoms with E-state index in [9.17, 15) is 0 Å². The molecule has 0 unspecified atom stereocenters. The normalized spacial score (nSPS) is 10.5. The summed E-state index contributed by atoms with van der Waals surface area (Å²) in [4.78, 5) is 6.83. The number of hydrogen-bond donors (Lipinski definition) is 1. The summed E-state index contributed by atoms with van der Waals surface area (Å²) in [5, 5.41) is 0. The fourth-order valence-electron chi connectivity index (χ4n) is 2.53. The van der Waals surface area contributed by atoms with Crippen molar-refractivity contribution in [3.63, 3.8) is 0 Å². The molecule has 0 bridgehead atoms. The number of nitrogens with two attached hydrogens (primary N) is 1. The van der Waals surface area contributed by atoms with E-state index in [-0.39, 0.29) is 0 Å². The van der Waals surface area contributed by atoms with Gasteiger partial charge in [-0.1, -0.05) is 60.7 Å². The molecule has 3 heteroatoms.